The molecular weight excluding hydrogens is 238 g/mol. The summed E-state index contributed by atoms with van der Waals surface area (Å²) in [4.78, 5) is 14.1. The topological polar surface area (TPSA) is 56.1 Å². The van der Waals surface area contributed by atoms with E-state index in [0.29, 0.717) is 11.6 Å². The van der Waals surface area contributed by atoms with Crippen molar-refractivity contribution in [2.45, 2.75) is 25.4 Å². The number of nitrogens with one attached hydrogen (secondary N) is 1. The van der Waals surface area contributed by atoms with Crippen molar-refractivity contribution in [3.63, 3.8) is 0 Å². The van der Waals surface area contributed by atoms with Crippen molar-refractivity contribution in [3.05, 3.63) is 35.4 Å². The lowest BCUT2D eigenvalue weighted by Crippen LogP contribution is -2.44. The molecule has 1 N–H and O–H groups in total. The summed E-state index contributed by atoms with van der Waals surface area (Å²) in [7, 11) is 0. The Hall–Kier alpha value is -1.86. The van der Waals surface area contributed by atoms with Crippen molar-refractivity contribution in [1.82, 2.24) is 10.2 Å². The van der Waals surface area contributed by atoms with Gasteiger partial charge >= 0.3 is 0 Å². The lowest BCUT2D eigenvalue weighted by Gasteiger charge is -2.35. The molecule has 0 aromatic heterocycles. The van der Waals surface area contributed by atoms with Gasteiger partial charge in [-0.2, -0.15) is 5.26 Å². The Balaban J connectivity index is 1.71. The number of fused-ring (bicyclic) bond motifs is 1. The number of carbonyl (C=O) groups excluding carboxylic acids is 1. The summed E-state index contributed by atoms with van der Waals surface area (Å²) in [6.07, 6.45) is 2.10. The molecule has 1 amide bonds. The van der Waals surface area contributed by atoms with Crippen LogP contribution in [0.15, 0.2) is 24.3 Å². The molecule has 3 rings (SSSR count). The maximum atomic E-state index is 11.7. The van der Waals surface area contributed by atoms with Gasteiger partial charge in [0.2, 0.25) is 5.91 Å². The van der Waals surface area contributed by atoms with Gasteiger partial charge in [0, 0.05) is 19.1 Å². The van der Waals surface area contributed by atoms with Crippen LogP contribution in [0.4, 0.5) is 0 Å². The van der Waals surface area contributed by atoms with E-state index in [1.807, 2.05) is 24.3 Å². The lowest BCUT2D eigenvalue weighted by molar-refractivity contribution is -0.124. The first kappa shape index (κ1) is 12.2. The molecule has 98 valence electrons. The number of piperidine rings is 1. The zero-order chi connectivity index (χ0) is 13.2. The van der Waals surface area contributed by atoms with Crippen LogP contribution in [0, 0.1) is 17.2 Å². The average Bonchev–Trinajstić information content (AvgIpc) is 2.83. The second-order valence-corrected chi connectivity index (χ2v) is 5.34. The molecule has 4 heteroatoms. The molecule has 0 spiro atoms. The molecule has 2 aliphatic heterocycles. The number of hydrogen-bond acceptors (Lipinski definition) is 3. The second-order valence-electron chi connectivity index (χ2n) is 5.34. The summed E-state index contributed by atoms with van der Waals surface area (Å²) < 4.78 is 0. The fraction of sp³-hybridized carbons (Fsp3) is 0.467. The Labute approximate surface area is 113 Å². The average molecular weight is 255 g/mol. The van der Waals surface area contributed by atoms with Gasteiger partial charge in [0.05, 0.1) is 17.6 Å². The molecule has 2 fully saturated rings. The Morgan fingerprint density at radius 1 is 1.37 bits per heavy atom. The van der Waals surface area contributed by atoms with Crippen molar-refractivity contribution in [1.29, 1.82) is 5.26 Å². The van der Waals surface area contributed by atoms with E-state index in [0.717, 1.165) is 32.5 Å². The van der Waals surface area contributed by atoms with Crippen molar-refractivity contribution < 1.29 is 4.79 Å². The molecule has 0 aliphatic carbocycles. The third kappa shape index (κ3) is 2.34. The number of benzene rings is 1. The van der Waals surface area contributed by atoms with E-state index in [1.165, 1.54) is 5.56 Å². The number of hydrogen-bond donors (Lipinski definition) is 1. The van der Waals surface area contributed by atoms with Gasteiger partial charge in [-0.15, -0.1) is 0 Å². The van der Waals surface area contributed by atoms with Gasteiger partial charge < -0.3 is 5.32 Å². The van der Waals surface area contributed by atoms with E-state index in [-0.39, 0.29) is 11.8 Å². The molecule has 1 aromatic rings. The van der Waals surface area contributed by atoms with E-state index in [9.17, 15) is 4.79 Å². The van der Waals surface area contributed by atoms with Gasteiger partial charge in [-0.1, -0.05) is 12.1 Å². The van der Waals surface area contributed by atoms with Gasteiger partial charge in [-0.25, -0.2) is 0 Å². The molecule has 19 heavy (non-hydrogen) atoms. The maximum absolute atomic E-state index is 11.7. The van der Waals surface area contributed by atoms with Gasteiger partial charge in [-0.05, 0) is 37.1 Å². The largest absolute Gasteiger partial charge is 0.354 e. The smallest absolute Gasteiger partial charge is 0.224 e. The molecule has 2 atom stereocenters. The minimum atomic E-state index is 0.173. The highest BCUT2D eigenvalue weighted by molar-refractivity contribution is 5.82. The number of likely N-dealkylation sites (tertiary alicyclic amines) is 1. The summed E-state index contributed by atoms with van der Waals surface area (Å²) >= 11 is 0. The molecule has 2 saturated heterocycles. The molecule has 0 radical (unpaired) electrons. The van der Waals surface area contributed by atoms with Crippen molar-refractivity contribution in [2.75, 3.05) is 13.1 Å². The predicted molar refractivity (Wildman–Crippen MR) is 71.1 cm³/mol. The second kappa shape index (κ2) is 5.02. The number of nitriles is 1. The summed E-state index contributed by atoms with van der Waals surface area (Å²) in [5.41, 5.74) is 1.90. The van der Waals surface area contributed by atoms with E-state index < -0.39 is 0 Å². The molecule has 2 unspecified atom stereocenters. The lowest BCUT2D eigenvalue weighted by atomic mass is 9.91. The maximum Gasteiger partial charge on any atom is 0.224 e. The third-order valence-corrected chi connectivity index (χ3v) is 4.18. The Morgan fingerprint density at radius 2 is 2.16 bits per heavy atom. The minimum absolute atomic E-state index is 0.173. The Kier molecular flexibility index (Phi) is 3.22. The molecular formula is C15H17N3O. The van der Waals surface area contributed by atoms with E-state index in [4.69, 9.17) is 5.26 Å². The fourth-order valence-corrected chi connectivity index (χ4v) is 3.16. The number of nitrogens with zero attached hydrogens (tertiary/aromatic N) is 2. The van der Waals surface area contributed by atoms with Gasteiger partial charge in [0.15, 0.2) is 0 Å². The summed E-state index contributed by atoms with van der Waals surface area (Å²) in [5.74, 6) is 0.390. The summed E-state index contributed by atoms with van der Waals surface area (Å²) in [6.45, 7) is 2.69. The number of rotatable bonds is 2. The van der Waals surface area contributed by atoms with E-state index in [2.05, 4.69) is 16.3 Å². The third-order valence-electron chi connectivity index (χ3n) is 4.18. The standard InChI is InChI=1S/C15H17N3O/c16-8-11-3-5-12(6-4-11)10-18-7-1-2-13-14(18)9-17-15(13)19/h3-6,13-14H,1-2,7,9-10H2,(H,17,19). The van der Waals surface area contributed by atoms with Crippen LogP contribution in [0.2, 0.25) is 0 Å². The predicted octanol–water partition coefficient (Wildman–Crippen LogP) is 1.27. The SMILES string of the molecule is N#Cc1ccc(CN2CCCC3C(=O)NCC32)cc1. The first-order valence-electron chi connectivity index (χ1n) is 6.79. The van der Waals surface area contributed by atoms with Crippen LogP contribution in [-0.4, -0.2) is 29.9 Å². The van der Waals surface area contributed by atoms with Crippen molar-refractivity contribution >= 4 is 5.91 Å². The summed E-state index contributed by atoms with van der Waals surface area (Å²) in [6, 6.07) is 10.2. The highest BCUT2D eigenvalue weighted by atomic mass is 16.2. The first-order chi connectivity index (χ1) is 9.28. The van der Waals surface area contributed by atoms with Crippen LogP contribution in [0.5, 0.6) is 0 Å². The normalized spacial score (nSPS) is 26.6. The monoisotopic (exact) mass is 255 g/mol. The van der Waals surface area contributed by atoms with Gasteiger partial charge in [0.1, 0.15) is 0 Å². The molecule has 2 aliphatic rings. The van der Waals surface area contributed by atoms with Crippen LogP contribution in [0.1, 0.15) is 24.0 Å². The quantitative estimate of drug-likeness (QED) is 0.865. The van der Waals surface area contributed by atoms with Crippen LogP contribution in [0.3, 0.4) is 0 Å². The van der Waals surface area contributed by atoms with E-state index in [1.54, 1.807) is 0 Å². The highest BCUT2D eigenvalue weighted by Gasteiger charge is 2.40. The van der Waals surface area contributed by atoms with Crippen molar-refractivity contribution in [3.8, 4) is 6.07 Å². The molecule has 0 saturated carbocycles. The molecule has 4 nitrogen and oxygen atoms in total. The molecule has 1 aromatic carbocycles. The first-order valence-corrected chi connectivity index (χ1v) is 6.79. The Bertz CT molecular complexity index is 517. The van der Waals surface area contributed by atoms with Crippen LogP contribution in [0.25, 0.3) is 0 Å². The zero-order valence-corrected chi connectivity index (χ0v) is 10.8. The number of carbonyl (C=O) groups is 1. The highest BCUT2D eigenvalue weighted by Crippen LogP contribution is 2.28. The van der Waals surface area contributed by atoms with Crippen LogP contribution in [-0.2, 0) is 11.3 Å². The van der Waals surface area contributed by atoms with E-state index >= 15 is 0 Å². The molecule has 0 bridgehead atoms. The zero-order valence-electron chi connectivity index (χ0n) is 10.8. The van der Waals surface area contributed by atoms with Crippen LogP contribution >= 0.6 is 0 Å². The van der Waals surface area contributed by atoms with Crippen LogP contribution < -0.4 is 5.32 Å². The van der Waals surface area contributed by atoms with Crippen molar-refractivity contribution in [2.24, 2.45) is 5.92 Å². The van der Waals surface area contributed by atoms with Gasteiger partial charge in [-0.3, -0.25) is 9.69 Å². The molecule has 2 heterocycles. The summed E-state index contributed by atoms with van der Waals surface area (Å²) in [5, 5.41) is 11.8. The fourth-order valence-electron chi connectivity index (χ4n) is 3.16. The van der Waals surface area contributed by atoms with Gasteiger partial charge in [0.25, 0.3) is 0 Å². The minimum Gasteiger partial charge on any atom is -0.354 e. The number of amides is 1. The Morgan fingerprint density at radius 3 is 2.89 bits per heavy atom.